The van der Waals surface area contributed by atoms with Crippen LogP contribution in [0.4, 0.5) is 0 Å². The summed E-state index contributed by atoms with van der Waals surface area (Å²) in [6.07, 6.45) is -0.687. The van der Waals surface area contributed by atoms with E-state index in [4.69, 9.17) is 4.74 Å². The minimum atomic E-state index is -0.687. The van der Waals surface area contributed by atoms with Crippen molar-refractivity contribution >= 4 is 0 Å². The van der Waals surface area contributed by atoms with Crippen LogP contribution in [0.3, 0.4) is 0 Å². The molecular weight excluding hydrogens is 290 g/mol. The Kier molecular flexibility index (Phi) is 3.44. The van der Waals surface area contributed by atoms with Gasteiger partial charge in [0, 0.05) is 5.56 Å². The first-order chi connectivity index (χ1) is 11.3. The summed E-state index contributed by atoms with van der Waals surface area (Å²) in [4.78, 5) is 0. The number of fused-ring (bicyclic) bond motifs is 3. The largest absolute Gasteiger partial charge is 0.384 e. The number of ether oxygens (including phenoxy) is 1. The number of rotatable bonds is 2. The third kappa shape index (κ3) is 2.34. The molecule has 1 N–H and O–H groups in total. The monoisotopic (exact) mass is 307 g/mol. The van der Waals surface area contributed by atoms with Crippen molar-refractivity contribution in [3.63, 3.8) is 0 Å². The van der Waals surface area contributed by atoms with Gasteiger partial charge in [-0.2, -0.15) is 0 Å². The molecule has 0 spiro atoms. The SMILES string of the molecule is Cc1nnc2n1-c1cccc(C(O)c3ccccc3)c1COC2. The minimum absolute atomic E-state index is 0.413. The fourth-order valence-electron chi connectivity index (χ4n) is 3.09. The molecule has 0 aliphatic carbocycles. The topological polar surface area (TPSA) is 60.2 Å². The number of benzene rings is 2. The van der Waals surface area contributed by atoms with Crippen LogP contribution in [0.15, 0.2) is 48.5 Å². The molecule has 5 nitrogen and oxygen atoms in total. The van der Waals surface area contributed by atoms with E-state index in [1.165, 1.54) is 0 Å². The Morgan fingerprint density at radius 2 is 1.87 bits per heavy atom. The predicted molar refractivity (Wildman–Crippen MR) is 85.1 cm³/mol. The first kappa shape index (κ1) is 14.1. The Morgan fingerprint density at radius 1 is 1.04 bits per heavy atom. The van der Waals surface area contributed by atoms with Gasteiger partial charge in [0.05, 0.1) is 12.3 Å². The number of aliphatic hydroxyl groups is 1. The van der Waals surface area contributed by atoms with Crippen LogP contribution >= 0.6 is 0 Å². The summed E-state index contributed by atoms with van der Waals surface area (Å²) in [7, 11) is 0. The van der Waals surface area contributed by atoms with E-state index in [1.54, 1.807) is 0 Å². The summed E-state index contributed by atoms with van der Waals surface area (Å²) >= 11 is 0. The Morgan fingerprint density at radius 3 is 2.70 bits per heavy atom. The van der Waals surface area contributed by atoms with Crippen molar-refractivity contribution in [2.45, 2.75) is 26.2 Å². The molecule has 0 fully saturated rings. The highest BCUT2D eigenvalue weighted by atomic mass is 16.5. The molecule has 0 radical (unpaired) electrons. The molecule has 2 aromatic carbocycles. The van der Waals surface area contributed by atoms with Gasteiger partial charge in [-0.05, 0) is 24.1 Å². The Balaban J connectivity index is 1.88. The summed E-state index contributed by atoms with van der Waals surface area (Å²) in [5.41, 5.74) is 3.68. The molecule has 3 aromatic rings. The van der Waals surface area contributed by atoms with E-state index in [2.05, 4.69) is 10.2 Å². The predicted octanol–water partition coefficient (Wildman–Crippen LogP) is 2.69. The number of aryl methyl sites for hydroxylation is 1. The number of nitrogens with zero attached hydrogens (tertiary/aromatic N) is 3. The Labute approximate surface area is 134 Å². The lowest BCUT2D eigenvalue weighted by atomic mass is 9.96. The summed E-state index contributed by atoms with van der Waals surface area (Å²) in [5.74, 6) is 1.60. The highest BCUT2D eigenvalue weighted by Gasteiger charge is 2.23. The van der Waals surface area contributed by atoms with Crippen molar-refractivity contribution < 1.29 is 9.84 Å². The van der Waals surface area contributed by atoms with Crippen molar-refractivity contribution in [1.29, 1.82) is 0 Å². The first-order valence-corrected chi connectivity index (χ1v) is 7.59. The van der Waals surface area contributed by atoms with E-state index in [0.29, 0.717) is 13.2 Å². The minimum Gasteiger partial charge on any atom is -0.384 e. The fraction of sp³-hybridized carbons (Fsp3) is 0.222. The van der Waals surface area contributed by atoms with Crippen LogP contribution in [0.2, 0.25) is 0 Å². The smallest absolute Gasteiger partial charge is 0.163 e. The number of aliphatic hydroxyl groups excluding tert-OH is 1. The summed E-state index contributed by atoms with van der Waals surface area (Å²) in [6, 6.07) is 15.6. The van der Waals surface area contributed by atoms with Gasteiger partial charge in [-0.25, -0.2) is 0 Å². The zero-order valence-corrected chi connectivity index (χ0v) is 12.8. The third-order valence-corrected chi connectivity index (χ3v) is 4.21. The molecule has 1 aliphatic heterocycles. The quantitative estimate of drug-likeness (QED) is 0.791. The Hall–Kier alpha value is -2.50. The van der Waals surface area contributed by atoms with Gasteiger partial charge in [0.1, 0.15) is 18.5 Å². The van der Waals surface area contributed by atoms with Gasteiger partial charge in [-0.1, -0.05) is 42.5 Å². The summed E-state index contributed by atoms with van der Waals surface area (Å²) in [6.45, 7) is 2.78. The van der Waals surface area contributed by atoms with Crippen molar-refractivity contribution in [1.82, 2.24) is 14.8 Å². The molecule has 23 heavy (non-hydrogen) atoms. The van der Waals surface area contributed by atoms with Gasteiger partial charge < -0.3 is 9.84 Å². The average molecular weight is 307 g/mol. The highest BCUT2D eigenvalue weighted by Crippen LogP contribution is 2.32. The molecule has 4 rings (SSSR count). The molecular formula is C18H17N3O2. The standard InChI is InChI=1S/C18H17N3O2/c1-12-19-20-17-11-23-10-15-14(8-5-9-16(15)21(12)17)18(22)13-6-3-2-4-7-13/h2-9,18,22H,10-11H2,1H3. The summed E-state index contributed by atoms with van der Waals surface area (Å²) < 4.78 is 7.76. The maximum Gasteiger partial charge on any atom is 0.163 e. The van der Waals surface area contributed by atoms with Gasteiger partial charge >= 0.3 is 0 Å². The molecule has 1 aliphatic rings. The third-order valence-electron chi connectivity index (χ3n) is 4.21. The molecule has 1 unspecified atom stereocenters. The van der Waals surface area contributed by atoms with Crippen LogP contribution in [0, 0.1) is 6.92 Å². The van der Waals surface area contributed by atoms with Crippen LogP contribution in [-0.4, -0.2) is 19.9 Å². The summed E-state index contributed by atoms with van der Waals surface area (Å²) in [5, 5.41) is 19.1. The second-order valence-corrected chi connectivity index (χ2v) is 5.65. The Bertz CT molecular complexity index is 843. The van der Waals surface area contributed by atoms with Crippen LogP contribution in [0.5, 0.6) is 0 Å². The van der Waals surface area contributed by atoms with Crippen molar-refractivity contribution in [2.24, 2.45) is 0 Å². The zero-order valence-electron chi connectivity index (χ0n) is 12.8. The number of aromatic nitrogens is 3. The van der Waals surface area contributed by atoms with Crippen molar-refractivity contribution in [2.75, 3.05) is 0 Å². The molecule has 5 heteroatoms. The van der Waals surface area contributed by atoms with Crippen LogP contribution in [0.1, 0.15) is 34.4 Å². The maximum absolute atomic E-state index is 10.8. The second kappa shape index (κ2) is 5.61. The van der Waals surface area contributed by atoms with Gasteiger partial charge in [0.2, 0.25) is 0 Å². The molecule has 2 heterocycles. The van der Waals surface area contributed by atoms with E-state index in [0.717, 1.165) is 34.0 Å². The van der Waals surface area contributed by atoms with E-state index in [9.17, 15) is 5.11 Å². The molecule has 0 saturated carbocycles. The second-order valence-electron chi connectivity index (χ2n) is 5.65. The van der Waals surface area contributed by atoms with E-state index < -0.39 is 6.10 Å². The molecule has 1 atom stereocenters. The van der Waals surface area contributed by atoms with E-state index in [-0.39, 0.29) is 0 Å². The van der Waals surface area contributed by atoms with Crippen LogP contribution in [-0.2, 0) is 18.0 Å². The van der Waals surface area contributed by atoms with Gasteiger partial charge in [0.25, 0.3) is 0 Å². The van der Waals surface area contributed by atoms with Crippen LogP contribution < -0.4 is 0 Å². The van der Waals surface area contributed by atoms with E-state index in [1.807, 2.05) is 60.0 Å². The molecule has 0 saturated heterocycles. The van der Waals surface area contributed by atoms with E-state index >= 15 is 0 Å². The van der Waals surface area contributed by atoms with Gasteiger partial charge in [-0.3, -0.25) is 4.57 Å². The van der Waals surface area contributed by atoms with Gasteiger partial charge in [-0.15, -0.1) is 10.2 Å². The molecule has 116 valence electrons. The zero-order chi connectivity index (χ0) is 15.8. The van der Waals surface area contributed by atoms with Crippen molar-refractivity contribution in [3.05, 3.63) is 76.9 Å². The molecule has 1 aromatic heterocycles. The average Bonchev–Trinajstić information content (AvgIpc) is 2.85. The van der Waals surface area contributed by atoms with Crippen molar-refractivity contribution in [3.8, 4) is 5.69 Å². The highest BCUT2D eigenvalue weighted by molar-refractivity contribution is 5.50. The molecule has 0 amide bonds. The normalized spacial score (nSPS) is 14.7. The first-order valence-electron chi connectivity index (χ1n) is 7.59. The lowest BCUT2D eigenvalue weighted by Gasteiger charge is -2.18. The lowest BCUT2D eigenvalue weighted by Crippen LogP contribution is -2.08. The molecule has 0 bridgehead atoms. The number of hydrogen-bond donors (Lipinski definition) is 1. The van der Waals surface area contributed by atoms with Crippen LogP contribution in [0.25, 0.3) is 5.69 Å². The fourth-order valence-corrected chi connectivity index (χ4v) is 3.09. The van der Waals surface area contributed by atoms with Gasteiger partial charge in [0.15, 0.2) is 5.82 Å². The lowest BCUT2D eigenvalue weighted by molar-refractivity contribution is 0.103. The maximum atomic E-state index is 10.8. The number of hydrogen-bond acceptors (Lipinski definition) is 4.